The van der Waals surface area contributed by atoms with Crippen LogP contribution in [0.2, 0.25) is 0 Å². The van der Waals surface area contributed by atoms with Gasteiger partial charge >= 0.3 is 0 Å². The summed E-state index contributed by atoms with van der Waals surface area (Å²) in [6.07, 6.45) is 0. The quantitative estimate of drug-likeness (QED) is 0.197. The number of hydrogen-bond acceptors (Lipinski definition) is 5. The van der Waals surface area contributed by atoms with Gasteiger partial charge in [-0.25, -0.2) is 15.0 Å². The number of para-hydroxylation sites is 3. The molecule has 10 rings (SSSR count). The van der Waals surface area contributed by atoms with Crippen LogP contribution in [0.25, 0.3) is 99.9 Å². The zero-order valence-electron chi connectivity index (χ0n) is 25.6. The van der Waals surface area contributed by atoms with Crippen LogP contribution in [-0.2, 0) is 0 Å². The smallest absolute Gasteiger partial charge is 0.167 e. The minimum atomic E-state index is 0.569. The third-order valence-corrected chi connectivity index (χ3v) is 9.12. The number of benzene rings is 7. The molecule has 0 unspecified atom stereocenters. The van der Waals surface area contributed by atoms with Crippen LogP contribution >= 0.6 is 0 Å². The highest BCUT2D eigenvalue weighted by Gasteiger charge is 2.18. The van der Waals surface area contributed by atoms with Crippen LogP contribution < -0.4 is 0 Å². The van der Waals surface area contributed by atoms with Crippen molar-refractivity contribution >= 4 is 54.6 Å². The summed E-state index contributed by atoms with van der Waals surface area (Å²) in [5.74, 6) is 1.78. The molecule has 0 radical (unpaired) electrons. The summed E-state index contributed by atoms with van der Waals surface area (Å²) in [5.41, 5.74) is 8.34. The Morgan fingerprint density at radius 1 is 0.354 bits per heavy atom. The maximum Gasteiger partial charge on any atom is 0.167 e. The summed E-state index contributed by atoms with van der Waals surface area (Å²) in [6.45, 7) is 0. The third-order valence-electron chi connectivity index (χ3n) is 9.12. The third kappa shape index (κ3) is 4.22. The average Bonchev–Trinajstić information content (AvgIpc) is 3.73. The largest absolute Gasteiger partial charge is 0.456 e. The van der Waals surface area contributed by atoms with Crippen LogP contribution in [-0.4, -0.2) is 15.0 Å². The molecule has 10 aromatic rings. The van der Waals surface area contributed by atoms with Gasteiger partial charge in [-0.05, 0) is 58.3 Å². The van der Waals surface area contributed by atoms with Gasteiger partial charge in [0.1, 0.15) is 22.3 Å². The van der Waals surface area contributed by atoms with Crippen molar-refractivity contribution in [2.45, 2.75) is 0 Å². The van der Waals surface area contributed by atoms with Crippen LogP contribution in [0, 0.1) is 0 Å². The normalized spacial score (nSPS) is 11.8. The molecule has 0 fully saturated rings. The van der Waals surface area contributed by atoms with Crippen LogP contribution in [0.3, 0.4) is 0 Å². The second kappa shape index (κ2) is 10.5. The molecule has 0 bridgehead atoms. The Bertz CT molecular complexity index is 2850. The van der Waals surface area contributed by atoms with Gasteiger partial charge in [-0.1, -0.05) is 115 Å². The molecule has 0 saturated heterocycles. The SMILES string of the molecule is c1ccc(-c2nc(-c3ccc4cc(-c5cccc6oc7ccccc7c56)ccc4c3)nc(-c3cccc4c3oc3ccccc34)n2)cc1. The van der Waals surface area contributed by atoms with Crippen LogP contribution in [0.5, 0.6) is 0 Å². The predicted molar refractivity (Wildman–Crippen MR) is 194 cm³/mol. The fraction of sp³-hybridized carbons (Fsp3) is 0. The lowest BCUT2D eigenvalue weighted by Crippen LogP contribution is -2.00. The Kier molecular flexibility index (Phi) is 5.81. The number of fused-ring (bicyclic) bond motifs is 7. The van der Waals surface area contributed by atoms with Gasteiger partial charge in [0.05, 0.1) is 5.56 Å². The summed E-state index contributed by atoms with van der Waals surface area (Å²) < 4.78 is 12.5. The number of nitrogens with zero attached hydrogens (tertiary/aromatic N) is 3. The van der Waals surface area contributed by atoms with Crippen LogP contribution in [0.4, 0.5) is 0 Å². The van der Waals surface area contributed by atoms with Gasteiger partial charge in [-0.2, -0.15) is 0 Å². The first-order valence-corrected chi connectivity index (χ1v) is 15.9. The van der Waals surface area contributed by atoms with Crippen molar-refractivity contribution in [1.29, 1.82) is 0 Å². The predicted octanol–water partition coefficient (Wildman–Crippen LogP) is 11.5. The highest BCUT2D eigenvalue weighted by atomic mass is 16.3. The molecule has 5 heteroatoms. The van der Waals surface area contributed by atoms with Gasteiger partial charge in [0.15, 0.2) is 17.5 Å². The van der Waals surface area contributed by atoms with Crippen molar-refractivity contribution in [3.8, 4) is 45.3 Å². The fourth-order valence-electron chi connectivity index (χ4n) is 6.83. The minimum Gasteiger partial charge on any atom is -0.456 e. The van der Waals surface area contributed by atoms with Crippen molar-refractivity contribution in [2.24, 2.45) is 0 Å². The van der Waals surface area contributed by atoms with E-state index >= 15 is 0 Å². The van der Waals surface area contributed by atoms with E-state index in [-0.39, 0.29) is 0 Å². The summed E-state index contributed by atoms with van der Waals surface area (Å²) in [7, 11) is 0. The summed E-state index contributed by atoms with van der Waals surface area (Å²) in [4.78, 5) is 15.0. The zero-order chi connectivity index (χ0) is 31.6. The highest BCUT2D eigenvalue weighted by molar-refractivity contribution is 6.13. The van der Waals surface area contributed by atoms with E-state index in [1.54, 1.807) is 0 Å². The van der Waals surface area contributed by atoms with Crippen molar-refractivity contribution in [2.75, 3.05) is 0 Å². The van der Waals surface area contributed by atoms with E-state index in [1.807, 2.05) is 78.9 Å². The van der Waals surface area contributed by atoms with Gasteiger partial charge in [0.2, 0.25) is 0 Å². The first-order valence-electron chi connectivity index (χ1n) is 15.9. The average molecular weight is 616 g/mol. The van der Waals surface area contributed by atoms with Crippen LogP contribution in [0.1, 0.15) is 0 Å². The van der Waals surface area contributed by atoms with Gasteiger partial charge in [0, 0.05) is 32.7 Å². The molecule has 0 N–H and O–H groups in total. The second-order valence-corrected chi connectivity index (χ2v) is 12.0. The molecule has 0 aliphatic rings. The fourth-order valence-corrected chi connectivity index (χ4v) is 6.83. The Morgan fingerprint density at radius 3 is 1.77 bits per heavy atom. The Morgan fingerprint density at radius 2 is 0.938 bits per heavy atom. The van der Waals surface area contributed by atoms with E-state index in [4.69, 9.17) is 23.8 Å². The molecular formula is C43H25N3O2. The summed E-state index contributed by atoms with van der Waals surface area (Å²) in [5, 5.41) is 6.59. The number of hydrogen-bond donors (Lipinski definition) is 0. The zero-order valence-corrected chi connectivity index (χ0v) is 25.6. The Labute approximate surface area is 274 Å². The Balaban J connectivity index is 1.12. The molecule has 5 nitrogen and oxygen atoms in total. The van der Waals surface area contributed by atoms with Gasteiger partial charge in [0.25, 0.3) is 0 Å². The van der Waals surface area contributed by atoms with Crippen molar-refractivity contribution < 1.29 is 8.83 Å². The lowest BCUT2D eigenvalue weighted by Gasteiger charge is -2.10. The molecule has 0 amide bonds. The molecule has 0 saturated carbocycles. The van der Waals surface area contributed by atoms with E-state index in [1.165, 1.54) is 0 Å². The molecule has 48 heavy (non-hydrogen) atoms. The van der Waals surface area contributed by atoms with E-state index in [0.717, 1.165) is 82.5 Å². The number of furan rings is 2. The number of rotatable bonds is 4. The molecule has 0 aliphatic heterocycles. The second-order valence-electron chi connectivity index (χ2n) is 12.0. The van der Waals surface area contributed by atoms with E-state index in [0.29, 0.717) is 17.5 Å². The Hall–Kier alpha value is -6.59. The molecule has 224 valence electrons. The molecule has 7 aromatic carbocycles. The lowest BCUT2D eigenvalue weighted by atomic mass is 9.96. The maximum atomic E-state index is 6.37. The maximum absolute atomic E-state index is 6.37. The lowest BCUT2D eigenvalue weighted by molar-refractivity contribution is 0.669. The summed E-state index contributed by atoms with van der Waals surface area (Å²) >= 11 is 0. The monoisotopic (exact) mass is 615 g/mol. The van der Waals surface area contributed by atoms with Gasteiger partial charge in [-0.15, -0.1) is 0 Å². The van der Waals surface area contributed by atoms with E-state index in [9.17, 15) is 0 Å². The summed E-state index contributed by atoms with van der Waals surface area (Å²) in [6, 6.07) is 51.7. The first-order chi connectivity index (χ1) is 23.8. The van der Waals surface area contributed by atoms with E-state index in [2.05, 4.69) is 72.8 Å². The van der Waals surface area contributed by atoms with Crippen molar-refractivity contribution in [1.82, 2.24) is 15.0 Å². The molecular weight excluding hydrogens is 590 g/mol. The molecule has 3 aromatic heterocycles. The molecule has 0 aliphatic carbocycles. The minimum absolute atomic E-state index is 0.569. The van der Waals surface area contributed by atoms with Crippen molar-refractivity contribution in [3.63, 3.8) is 0 Å². The topological polar surface area (TPSA) is 65.0 Å². The molecule has 3 heterocycles. The van der Waals surface area contributed by atoms with Crippen LogP contribution in [0.15, 0.2) is 160 Å². The molecule has 0 spiro atoms. The van der Waals surface area contributed by atoms with Gasteiger partial charge in [-0.3, -0.25) is 0 Å². The molecule has 0 atom stereocenters. The standard InChI is InChI=1S/C43H25N3O2/c1-2-10-26(11-3-1)41-44-42(46-43(45-41)35-16-8-15-33-32-12-4-6-17-36(32)48-40(33)35)30-23-21-27-24-29(22-20-28(27)25-30)31-14-9-19-38-39(31)34-13-5-7-18-37(34)47-38/h1-25H. The highest BCUT2D eigenvalue weighted by Crippen LogP contribution is 2.39. The first kappa shape index (κ1) is 26.6. The number of aromatic nitrogens is 3. The van der Waals surface area contributed by atoms with Gasteiger partial charge < -0.3 is 8.83 Å². The van der Waals surface area contributed by atoms with E-state index < -0.39 is 0 Å². The van der Waals surface area contributed by atoms with Crippen molar-refractivity contribution in [3.05, 3.63) is 152 Å².